The van der Waals surface area contributed by atoms with Gasteiger partial charge in [0, 0.05) is 19.7 Å². The Labute approximate surface area is 99.9 Å². The number of hydrogen-bond acceptors (Lipinski definition) is 3. The van der Waals surface area contributed by atoms with E-state index in [1.807, 2.05) is 0 Å². The third-order valence-electron chi connectivity index (χ3n) is 3.29. The summed E-state index contributed by atoms with van der Waals surface area (Å²) in [5.41, 5.74) is 0.0705. The van der Waals surface area contributed by atoms with Crippen LogP contribution in [-0.2, 0) is 9.47 Å². The van der Waals surface area contributed by atoms with E-state index in [4.69, 9.17) is 9.47 Å². The van der Waals surface area contributed by atoms with Crippen molar-refractivity contribution in [2.75, 3.05) is 26.9 Å². The first-order chi connectivity index (χ1) is 7.68. The quantitative estimate of drug-likeness (QED) is 0.680. The van der Waals surface area contributed by atoms with Crippen LogP contribution < -0.4 is 5.32 Å². The van der Waals surface area contributed by atoms with E-state index in [0.29, 0.717) is 12.6 Å². The molecule has 0 aromatic carbocycles. The monoisotopic (exact) mass is 229 g/mol. The Morgan fingerprint density at radius 2 is 1.81 bits per heavy atom. The fourth-order valence-corrected chi connectivity index (χ4v) is 2.30. The van der Waals surface area contributed by atoms with Crippen LogP contribution in [0.3, 0.4) is 0 Å². The number of hydrogen-bond donors (Lipinski definition) is 1. The molecule has 3 heteroatoms. The second-order valence-electron chi connectivity index (χ2n) is 5.12. The van der Waals surface area contributed by atoms with Crippen molar-refractivity contribution in [1.82, 2.24) is 5.32 Å². The summed E-state index contributed by atoms with van der Waals surface area (Å²) < 4.78 is 11.1. The molecule has 0 aromatic heterocycles. The Morgan fingerprint density at radius 1 is 1.12 bits per heavy atom. The highest BCUT2D eigenvalue weighted by atomic mass is 16.5. The van der Waals surface area contributed by atoms with Crippen LogP contribution in [0.1, 0.15) is 46.0 Å². The van der Waals surface area contributed by atoms with Crippen molar-refractivity contribution in [3.8, 4) is 0 Å². The summed E-state index contributed by atoms with van der Waals surface area (Å²) in [4.78, 5) is 0. The SMILES string of the molecule is COCCOC1(CNC(C)C)CCCCC1. The normalized spacial score (nSPS) is 20.2. The van der Waals surface area contributed by atoms with E-state index >= 15 is 0 Å². The highest BCUT2D eigenvalue weighted by Gasteiger charge is 2.32. The van der Waals surface area contributed by atoms with E-state index in [1.54, 1.807) is 7.11 Å². The number of ether oxygens (including phenoxy) is 2. The van der Waals surface area contributed by atoms with Crippen LogP contribution in [-0.4, -0.2) is 38.5 Å². The van der Waals surface area contributed by atoms with Gasteiger partial charge in [0.05, 0.1) is 18.8 Å². The van der Waals surface area contributed by atoms with E-state index in [1.165, 1.54) is 32.1 Å². The smallest absolute Gasteiger partial charge is 0.0807 e. The molecule has 1 aliphatic carbocycles. The Kier molecular flexibility index (Phi) is 6.32. The fraction of sp³-hybridized carbons (Fsp3) is 1.00. The zero-order chi connectivity index (χ0) is 11.9. The Bertz CT molecular complexity index is 177. The van der Waals surface area contributed by atoms with E-state index in [0.717, 1.165) is 13.2 Å². The first-order valence-corrected chi connectivity index (χ1v) is 6.55. The van der Waals surface area contributed by atoms with Crippen molar-refractivity contribution >= 4 is 0 Å². The summed E-state index contributed by atoms with van der Waals surface area (Å²) in [6.07, 6.45) is 6.34. The van der Waals surface area contributed by atoms with E-state index < -0.39 is 0 Å². The second-order valence-corrected chi connectivity index (χ2v) is 5.12. The molecular formula is C13H27NO2. The topological polar surface area (TPSA) is 30.5 Å². The molecule has 0 unspecified atom stereocenters. The highest BCUT2D eigenvalue weighted by molar-refractivity contribution is 4.87. The molecule has 0 amide bonds. The zero-order valence-electron chi connectivity index (χ0n) is 11.1. The van der Waals surface area contributed by atoms with Crippen molar-refractivity contribution in [2.24, 2.45) is 0 Å². The van der Waals surface area contributed by atoms with Crippen molar-refractivity contribution in [1.29, 1.82) is 0 Å². The molecule has 0 aliphatic heterocycles. The van der Waals surface area contributed by atoms with Gasteiger partial charge in [-0.1, -0.05) is 33.1 Å². The van der Waals surface area contributed by atoms with Crippen LogP contribution >= 0.6 is 0 Å². The molecule has 1 aliphatic rings. The molecular weight excluding hydrogens is 202 g/mol. The third kappa shape index (κ3) is 4.81. The lowest BCUT2D eigenvalue weighted by Crippen LogP contribution is -2.47. The summed E-state index contributed by atoms with van der Waals surface area (Å²) in [5, 5.41) is 3.52. The number of nitrogens with one attached hydrogen (secondary N) is 1. The standard InChI is InChI=1S/C13H27NO2/c1-12(2)14-11-13(16-10-9-15-3)7-5-4-6-8-13/h12,14H,4-11H2,1-3H3. The van der Waals surface area contributed by atoms with Crippen LogP contribution in [0.2, 0.25) is 0 Å². The lowest BCUT2D eigenvalue weighted by molar-refractivity contribution is -0.0830. The molecule has 0 aromatic rings. The molecule has 0 atom stereocenters. The minimum atomic E-state index is 0.0705. The summed E-state index contributed by atoms with van der Waals surface area (Å²) >= 11 is 0. The minimum absolute atomic E-state index is 0.0705. The van der Waals surface area contributed by atoms with Gasteiger partial charge in [0.25, 0.3) is 0 Å². The van der Waals surface area contributed by atoms with E-state index in [2.05, 4.69) is 19.2 Å². The molecule has 1 N–H and O–H groups in total. The van der Waals surface area contributed by atoms with Gasteiger partial charge in [-0.25, -0.2) is 0 Å². The maximum atomic E-state index is 6.07. The van der Waals surface area contributed by atoms with Crippen molar-refractivity contribution < 1.29 is 9.47 Å². The van der Waals surface area contributed by atoms with Gasteiger partial charge in [-0.2, -0.15) is 0 Å². The van der Waals surface area contributed by atoms with Crippen LogP contribution in [0.15, 0.2) is 0 Å². The van der Waals surface area contributed by atoms with Gasteiger partial charge in [-0.15, -0.1) is 0 Å². The molecule has 0 radical (unpaired) electrons. The number of methoxy groups -OCH3 is 1. The molecule has 96 valence electrons. The van der Waals surface area contributed by atoms with Crippen LogP contribution in [0.25, 0.3) is 0 Å². The van der Waals surface area contributed by atoms with Gasteiger partial charge >= 0.3 is 0 Å². The maximum absolute atomic E-state index is 6.07. The summed E-state index contributed by atoms with van der Waals surface area (Å²) in [7, 11) is 1.73. The third-order valence-corrected chi connectivity index (χ3v) is 3.29. The van der Waals surface area contributed by atoms with Gasteiger partial charge in [0.1, 0.15) is 0 Å². The van der Waals surface area contributed by atoms with Gasteiger partial charge in [-0.3, -0.25) is 0 Å². The Balaban J connectivity index is 2.39. The molecule has 1 fully saturated rings. The lowest BCUT2D eigenvalue weighted by atomic mass is 9.84. The molecule has 3 nitrogen and oxygen atoms in total. The summed E-state index contributed by atoms with van der Waals surface area (Å²) in [5.74, 6) is 0. The van der Waals surface area contributed by atoms with Gasteiger partial charge < -0.3 is 14.8 Å². The van der Waals surface area contributed by atoms with Gasteiger partial charge in [0.15, 0.2) is 0 Å². The second kappa shape index (κ2) is 7.25. The summed E-state index contributed by atoms with van der Waals surface area (Å²) in [6, 6.07) is 0.532. The molecule has 0 bridgehead atoms. The van der Waals surface area contributed by atoms with Crippen LogP contribution in [0.4, 0.5) is 0 Å². The van der Waals surface area contributed by atoms with Gasteiger partial charge in [0.2, 0.25) is 0 Å². The first kappa shape index (κ1) is 13.9. The van der Waals surface area contributed by atoms with Crippen LogP contribution in [0, 0.1) is 0 Å². The molecule has 16 heavy (non-hydrogen) atoms. The predicted molar refractivity (Wildman–Crippen MR) is 66.8 cm³/mol. The molecule has 1 rings (SSSR count). The molecule has 1 saturated carbocycles. The summed E-state index contributed by atoms with van der Waals surface area (Å²) in [6.45, 7) is 6.77. The first-order valence-electron chi connectivity index (χ1n) is 6.55. The highest BCUT2D eigenvalue weighted by Crippen LogP contribution is 2.31. The fourth-order valence-electron chi connectivity index (χ4n) is 2.30. The van der Waals surface area contributed by atoms with E-state index in [-0.39, 0.29) is 5.60 Å². The Hall–Kier alpha value is -0.120. The average Bonchev–Trinajstić information content (AvgIpc) is 2.28. The lowest BCUT2D eigenvalue weighted by Gasteiger charge is -2.38. The van der Waals surface area contributed by atoms with Gasteiger partial charge in [-0.05, 0) is 12.8 Å². The Morgan fingerprint density at radius 3 is 2.38 bits per heavy atom. The van der Waals surface area contributed by atoms with Crippen molar-refractivity contribution in [3.63, 3.8) is 0 Å². The molecule has 0 spiro atoms. The molecule has 0 heterocycles. The van der Waals surface area contributed by atoms with Crippen LogP contribution in [0.5, 0.6) is 0 Å². The maximum Gasteiger partial charge on any atom is 0.0807 e. The van der Waals surface area contributed by atoms with E-state index in [9.17, 15) is 0 Å². The zero-order valence-corrected chi connectivity index (χ0v) is 11.1. The predicted octanol–water partition coefficient (Wildman–Crippen LogP) is 2.35. The number of rotatable bonds is 7. The average molecular weight is 229 g/mol. The minimum Gasteiger partial charge on any atom is -0.382 e. The van der Waals surface area contributed by atoms with Crippen molar-refractivity contribution in [3.05, 3.63) is 0 Å². The van der Waals surface area contributed by atoms with Crippen molar-refractivity contribution in [2.45, 2.75) is 57.6 Å². The largest absolute Gasteiger partial charge is 0.382 e. The molecule has 0 saturated heterocycles.